The number of nitrogens with zero attached hydrogens (tertiary/aromatic N) is 1. The van der Waals surface area contributed by atoms with E-state index in [9.17, 15) is 0 Å². The highest BCUT2D eigenvalue weighted by atomic mass is 16.5. The highest BCUT2D eigenvalue weighted by molar-refractivity contribution is 5.24. The van der Waals surface area contributed by atoms with Crippen molar-refractivity contribution in [1.82, 2.24) is 10.2 Å². The van der Waals surface area contributed by atoms with Gasteiger partial charge in [-0.3, -0.25) is 0 Å². The van der Waals surface area contributed by atoms with Gasteiger partial charge in [-0.1, -0.05) is 36.8 Å². The normalized spacial score (nSPS) is 18.1. The van der Waals surface area contributed by atoms with Gasteiger partial charge in [0.1, 0.15) is 0 Å². The maximum Gasteiger partial charge on any atom is 0.0480 e. The van der Waals surface area contributed by atoms with E-state index in [0.29, 0.717) is 12.1 Å². The molecule has 0 spiro atoms. The van der Waals surface area contributed by atoms with Crippen LogP contribution in [0.5, 0.6) is 0 Å². The fourth-order valence-electron chi connectivity index (χ4n) is 2.97. The van der Waals surface area contributed by atoms with Gasteiger partial charge in [0.05, 0.1) is 0 Å². The van der Waals surface area contributed by atoms with E-state index < -0.39 is 0 Å². The number of hydrogen-bond acceptors (Lipinski definition) is 3. The van der Waals surface area contributed by atoms with Crippen LogP contribution < -0.4 is 5.32 Å². The Labute approximate surface area is 129 Å². The third-order valence-corrected chi connectivity index (χ3v) is 4.41. The van der Waals surface area contributed by atoms with Crippen molar-refractivity contribution >= 4 is 0 Å². The summed E-state index contributed by atoms with van der Waals surface area (Å²) in [6, 6.07) is 10.0. The summed E-state index contributed by atoms with van der Waals surface area (Å²) in [7, 11) is 2.25. The molecule has 21 heavy (non-hydrogen) atoms. The average Bonchev–Trinajstić information content (AvgIpc) is 2.53. The van der Waals surface area contributed by atoms with Crippen LogP contribution in [0.4, 0.5) is 0 Å². The van der Waals surface area contributed by atoms with Crippen LogP contribution in [0, 0.1) is 6.92 Å². The monoisotopic (exact) mass is 290 g/mol. The summed E-state index contributed by atoms with van der Waals surface area (Å²) in [5.74, 6) is 0. The van der Waals surface area contributed by atoms with Gasteiger partial charge in [-0.05, 0) is 45.3 Å². The minimum atomic E-state index is 0.415. The molecule has 2 rings (SSSR count). The van der Waals surface area contributed by atoms with Crippen LogP contribution in [0.3, 0.4) is 0 Å². The van der Waals surface area contributed by atoms with Gasteiger partial charge in [0.25, 0.3) is 0 Å². The Morgan fingerprint density at radius 2 is 1.90 bits per heavy atom. The molecule has 1 unspecified atom stereocenters. The molecule has 1 aromatic carbocycles. The van der Waals surface area contributed by atoms with Gasteiger partial charge in [0, 0.05) is 31.8 Å². The van der Waals surface area contributed by atoms with Crippen LogP contribution in [0.15, 0.2) is 24.3 Å². The zero-order chi connectivity index (χ0) is 15.1. The second-order valence-corrected chi connectivity index (χ2v) is 6.20. The van der Waals surface area contributed by atoms with Crippen LogP contribution >= 0.6 is 0 Å². The first kappa shape index (κ1) is 16.5. The van der Waals surface area contributed by atoms with Gasteiger partial charge < -0.3 is 15.0 Å². The number of benzene rings is 1. The summed E-state index contributed by atoms with van der Waals surface area (Å²) in [5.41, 5.74) is 2.72. The van der Waals surface area contributed by atoms with Crippen molar-refractivity contribution in [1.29, 1.82) is 0 Å². The molecular formula is C18H30N2O. The lowest BCUT2D eigenvalue weighted by Crippen LogP contribution is -2.41. The number of ether oxygens (including phenoxy) is 1. The molecule has 0 radical (unpaired) electrons. The minimum Gasteiger partial charge on any atom is -0.381 e. The van der Waals surface area contributed by atoms with Crippen LogP contribution in [0.2, 0.25) is 0 Å². The van der Waals surface area contributed by atoms with E-state index in [0.717, 1.165) is 39.1 Å². The molecule has 118 valence electrons. The molecule has 1 aliphatic heterocycles. The molecule has 0 bridgehead atoms. The summed E-state index contributed by atoms with van der Waals surface area (Å²) in [6.45, 7) is 8.32. The fourth-order valence-corrected chi connectivity index (χ4v) is 2.97. The average molecular weight is 290 g/mol. The van der Waals surface area contributed by atoms with E-state index in [-0.39, 0.29) is 0 Å². The van der Waals surface area contributed by atoms with Gasteiger partial charge in [-0.25, -0.2) is 0 Å². The van der Waals surface area contributed by atoms with E-state index in [2.05, 4.69) is 55.4 Å². The molecule has 3 heteroatoms. The first-order valence-electron chi connectivity index (χ1n) is 8.28. The zero-order valence-electron chi connectivity index (χ0n) is 13.8. The molecule has 1 heterocycles. The molecule has 1 aromatic rings. The van der Waals surface area contributed by atoms with E-state index in [1.165, 1.54) is 17.5 Å². The lowest BCUT2D eigenvalue weighted by atomic mass is 10.0. The molecular weight excluding hydrogens is 260 g/mol. The topological polar surface area (TPSA) is 24.5 Å². The van der Waals surface area contributed by atoms with Gasteiger partial charge in [0.2, 0.25) is 0 Å². The lowest BCUT2D eigenvalue weighted by molar-refractivity contribution is 0.0401. The maximum absolute atomic E-state index is 5.48. The SMILES string of the molecule is CCCNC(CN(C)C1CCOCC1)c1ccc(C)cc1. The van der Waals surface area contributed by atoms with Crippen molar-refractivity contribution in [2.75, 3.05) is 33.4 Å². The standard InChI is InChI=1S/C18H30N2O/c1-4-11-19-18(16-7-5-15(2)6-8-16)14-20(3)17-9-12-21-13-10-17/h5-8,17-19H,4,9-14H2,1-3H3. The van der Waals surface area contributed by atoms with Crippen LogP contribution in [0.1, 0.15) is 43.4 Å². The summed E-state index contributed by atoms with van der Waals surface area (Å²) in [4.78, 5) is 2.51. The van der Waals surface area contributed by atoms with Crippen molar-refractivity contribution in [2.45, 2.75) is 45.2 Å². The number of aryl methyl sites for hydroxylation is 1. The molecule has 3 nitrogen and oxygen atoms in total. The minimum absolute atomic E-state index is 0.415. The number of hydrogen-bond donors (Lipinski definition) is 1. The van der Waals surface area contributed by atoms with Gasteiger partial charge >= 0.3 is 0 Å². The fraction of sp³-hybridized carbons (Fsp3) is 0.667. The molecule has 0 saturated carbocycles. The zero-order valence-corrected chi connectivity index (χ0v) is 13.8. The molecule has 0 aliphatic carbocycles. The van der Waals surface area contributed by atoms with Crippen molar-refractivity contribution in [3.63, 3.8) is 0 Å². The van der Waals surface area contributed by atoms with Crippen molar-refractivity contribution in [3.05, 3.63) is 35.4 Å². The number of likely N-dealkylation sites (N-methyl/N-ethyl adjacent to an activating group) is 1. The predicted molar refractivity (Wildman–Crippen MR) is 88.7 cm³/mol. The molecule has 1 saturated heterocycles. The van der Waals surface area contributed by atoms with E-state index in [4.69, 9.17) is 4.74 Å². The Kier molecular flexibility index (Phi) is 6.68. The summed E-state index contributed by atoms with van der Waals surface area (Å²) in [5, 5.41) is 3.70. The predicted octanol–water partition coefficient (Wildman–Crippen LogP) is 3.15. The third-order valence-electron chi connectivity index (χ3n) is 4.41. The molecule has 1 N–H and O–H groups in total. The van der Waals surface area contributed by atoms with Crippen molar-refractivity contribution < 1.29 is 4.74 Å². The molecule has 0 aromatic heterocycles. The van der Waals surface area contributed by atoms with Crippen LogP contribution in [0.25, 0.3) is 0 Å². The number of rotatable bonds is 7. The summed E-state index contributed by atoms with van der Waals surface area (Å²) in [6.07, 6.45) is 3.49. The quantitative estimate of drug-likeness (QED) is 0.835. The molecule has 1 fully saturated rings. The molecule has 1 aliphatic rings. The highest BCUT2D eigenvalue weighted by Crippen LogP contribution is 2.19. The van der Waals surface area contributed by atoms with Crippen LogP contribution in [-0.2, 0) is 4.74 Å². The van der Waals surface area contributed by atoms with Gasteiger partial charge in [-0.15, -0.1) is 0 Å². The highest BCUT2D eigenvalue weighted by Gasteiger charge is 2.21. The number of nitrogens with one attached hydrogen (secondary N) is 1. The smallest absolute Gasteiger partial charge is 0.0480 e. The van der Waals surface area contributed by atoms with E-state index in [1.807, 2.05) is 0 Å². The van der Waals surface area contributed by atoms with Crippen LogP contribution in [-0.4, -0.2) is 44.3 Å². The van der Waals surface area contributed by atoms with E-state index in [1.54, 1.807) is 0 Å². The lowest BCUT2D eigenvalue weighted by Gasteiger charge is -2.34. The molecule has 1 atom stereocenters. The second-order valence-electron chi connectivity index (χ2n) is 6.20. The summed E-state index contributed by atoms with van der Waals surface area (Å²) >= 11 is 0. The Hall–Kier alpha value is -0.900. The first-order chi connectivity index (χ1) is 10.2. The van der Waals surface area contributed by atoms with Gasteiger partial charge in [-0.2, -0.15) is 0 Å². The third kappa shape index (κ3) is 5.10. The second kappa shape index (κ2) is 8.52. The van der Waals surface area contributed by atoms with E-state index >= 15 is 0 Å². The van der Waals surface area contributed by atoms with Crippen molar-refractivity contribution in [2.24, 2.45) is 0 Å². The Morgan fingerprint density at radius 3 is 2.52 bits per heavy atom. The van der Waals surface area contributed by atoms with Gasteiger partial charge in [0.15, 0.2) is 0 Å². The molecule has 0 amide bonds. The Bertz CT molecular complexity index is 398. The van der Waals surface area contributed by atoms with Crippen molar-refractivity contribution in [3.8, 4) is 0 Å². The first-order valence-corrected chi connectivity index (χ1v) is 8.28. The summed E-state index contributed by atoms with van der Waals surface area (Å²) < 4.78 is 5.48. The Balaban J connectivity index is 1.99. The Morgan fingerprint density at radius 1 is 1.24 bits per heavy atom. The maximum atomic E-state index is 5.48. The largest absolute Gasteiger partial charge is 0.381 e.